The molecule has 0 bridgehead atoms. The molecule has 0 aliphatic rings. The summed E-state index contributed by atoms with van der Waals surface area (Å²) >= 11 is 0. The van der Waals surface area contributed by atoms with Crippen molar-refractivity contribution in [2.24, 2.45) is 4.99 Å². The number of aliphatic carboxylic acids is 1. The van der Waals surface area contributed by atoms with Gasteiger partial charge in [-0.2, -0.15) is 0 Å². The second-order valence-electron chi connectivity index (χ2n) is 9.70. The Labute approximate surface area is 203 Å². The van der Waals surface area contributed by atoms with Gasteiger partial charge in [0, 0.05) is 22.9 Å². The topological polar surface area (TPSA) is 85.7 Å². The molecule has 7 heteroatoms. The second-order valence-corrected chi connectivity index (χ2v) is 9.70. The van der Waals surface area contributed by atoms with Gasteiger partial charge in [-0.05, 0) is 42.3 Å². The van der Waals surface area contributed by atoms with Gasteiger partial charge in [0.2, 0.25) is 0 Å². The lowest BCUT2D eigenvalue weighted by Gasteiger charge is -2.23. The van der Waals surface area contributed by atoms with E-state index in [-0.39, 0.29) is 12.3 Å². The van der Waals surface area contributed by atoms with Gasteiger partial charge >= 0.3 is 5.97 Å². The number of aromatic amines is 1. The van der Waals surface area contributed by atoms with Crippen LogP contribution in [0.25, 0.3) is 10.9 Å². The van der Waals surface area contributed by atoms with Crippen LogP contribution in [0.3, 0.4) is 0 Å². The Morgan fingerprint density at radius 1 is 0.971 bits per heavy atom. The minimum atomic E-state index is -0.846. The van der Waals surface area contributed by atoms with E-state index in [1.165, 1.54) is 17.7 Å². The lowest BCUT2D eigenvalue weighted by molar-refractivity contribution is -0.884. The van der Waals surface area contributed by atoms with Crippen LogP contribution in [-0.2, 0) is 17.8 Å². The smallest absolute Gasteiger partial charge is 0.303 e. The molecular formula is C28H29FN3O3+. The number of benzene rings is 3. The Balaban J connectivity index is 1.79. The van der Waals surface area contributed by atoms with Gasteiger partial charge in [0.15, 0.2) is 5.88 Å². The molecule has 0 amide bonds. The molecule has 4 aromatic rings. The number of carbonyl (C=O) groups is 1. The molecule has 0 aliphatic carbocycles. The van der Waals surface area contributed by atoms with E-state index in [4.69, 9.17) is 10.1 Å². The summed E-state index contributed by atoms with van der Waals surface area (Å²) in [4.78, 5) is 18.7. The number of nitrogens with zero attached hydrogens (tertiary/aromatic N) is 2. The number of quaternary nitrogens is 1. The van der Waals surface area contributed by atoms with Crippen LogP contribution in [0.1, 0.15) is 28.7 Å². The number of fused-ring (bicyclic) bond motifs is 1. The van der Waals surface area contributed by atoms with Gasteiger partial charge in [0.25, 0.3) is 0 Å². The fraction of sp³-hybridized carbons (Fsp3) is 0.214. The molecule has 6 nitrogen and oxygen atoms in total. The van der Waals surface area contributed by atoms with E-state index in [9.17, 15) is 14.3 Å². The van der Waals surface area contributed by atoms with Crippen molar-refractivity contribution in [3.63, 3.8) is 0 Å². The van der Waals surface area contributed by atoms with Crippen molar-refractivity contribution < 1.29 is 23.9 Å². The highest BCUT2D eigenvalue weighted by atomic mass is 19.1. The molecule has 1 aromatic heterocycles. The zero-order valence-corrected chi connectivity index (χ0v) is 20.0. The Morgan fingerprint density at radius 2 is 1.63 bits per heavy atom. The molecule has 3 N–H and O–H groups in total. The van der Waals surface area contributed by atoms with Crippen LogP contribution in [0.4, 0.5) is 10.1 Å². The largest absolute Gasteiger partial charge is 0.494 e. The van der Waals surface area contributed by atoms with Crippen molar-refractivity contribution in [1.29, 1.82) is 0 Å². The molecule has 0 radical (unpaired) electrons. The van der Waals surface area contributed by atoms with Crippen LogP contribution < -0.4 is 0 Å². The van der Waals surface area contributed by atoms with Crippen molar-refractivity contribution in [2.45, 2.75) is 19.4 Å². The molecule has 4 rings (SSSR count). The Bertz CT molecular complexity index is 1380. The molecule has 0 saturated heterocycles. The highest BCUT2D eigenvalue weighted by Crippen LogP contribution is 2.32. The maximum atomic E-state index is 13.8. The first-order chi connectivity index (χ1) is 16.6. The van der Waals surface area contributed by atoms with Crippen molar-refractivity contribution in [3.8, 4) is 5.88 Å². The normalized spacial score (nSPS) is 12.3. The number of carboxylic acids is 1. The van der Waals surface area contributed by atoms with Gasteiger partial charge in [-0.3, -0.25) is 4.79 Å². The molecule has 0 unspecified atom stereocenters. The number of nitrogens with one attached hydrogen (secondary N) is 1. The van der Waals surface area contributed by atoms with Crippen LogP contribution in [0, 0.1) is 5.82 Å². The summed E-state index contributed by atoms with van der Waals surface area (Å²) in [6.45, 7) is 0.878. The highest BCUT2D eigenvalue weighted by molar-refractivity contribution is 6.21. The van der Waals surface area contributed by atoms with E-state index in [0.29, 0.717) is 28.6 Å². The van der Waals surface area contributed by atoms with Crippen molar-refractivity contribution in [3.05, 3.63) is 94.8 Å². The fourth-order valence-electron chi connectivity index (χ4n) is 4.09. The van der Waals surface area contributed by atoms with Gasteiger partial charge in [-0.25, -0.2) is 9.38 Å². The number of aliphatic imine (C=N–C) groups is 1. The van der Waals surface area contributed by atoms with Gasteiger partial charge in [-0.1, -0.05) is 36.4 Å². The Morgan fingerprint density at radius 3 is 2.26 bits per heavy atom. The van der Waals surface area contributed by atoms with E-state index < -0.39 is 11.8 Å². The van der Waals surface area contributed by atoms with Gasteiger partial charge in [0.1, 0.15) is 12.4 Å². The molecule has 0 fully saturated rings. The second kappa shape index (κ2) is 9.72. The summed E-state index contributed by atoms with van der Waals surface area (Å²) in [5, 5.41) is 20.4. The zero-order valence-electron chi connectivity index (χ0n) is 20.0. The van der Waals surface area contributed by atoms with Crippen molar-refractivity contribution in [1.82, 2.24) is 4.98 Å². The van der Waals surface area contributed by atoms with E-state index >= 15 is 0 Å². The van der Waals surface area contributed by atoms with E-state index in [0.717, 1.165) is 27.8 Å². The molecule has 35 heavy (non-hydrogen) atoms. The summed E-state index contributed by atoms with van der Waals surface area (Å²) in [6.07, 6.45) is 0.474. The molecule has 0 saturated carbocycles. The number of aromatic nitrogens is 1. The van der Waals surface area contributed by atoms with E-state index in [1.807, 2.05) is 48.5 Å². The average molecular weight is 475 g/mol. The summed E-state index contributed by atoms with van der Waals surface area (Å²) in [6, 6.07) is 19.7. The zero-order chi connectivity index (χ0) is 25.2. The maximum absolute atomic E-state index is 13.8. The third kappa shape index (κ3) is 5.94. The highest BCUT2D eigenvalue weighted by Gasteiger charge is 2.19. The molecule has 3 aromatic carbocycles. The Hall–Kier alpha value is -3.97. The van der Waals surface area contributed by atoms with Gasteiger partial charge in [0.05, 0.1) is 43.6 Å². The summed E-state index contributed by atoms with van der Waals surface area (Å²) in [7, 11) is 6.40. The first kappa shape index (κ1) is 24.2. The number of aryl methyl sites for hydroxylation is 1. The van der Waals surface area contributed by atoms with Crippen LogP contribution in [-0.4, -0.2) is 52.5 Å². The lowest BCUT2D eigenvalue weighted by atomic mass is 9.98. The molecule has 0 spiro atoms. The molecular weight excluding hydrogens is 445 g/mol. The number of hydrogen-bond acceptors (Lipinski definition) is 3. The Kier molecular flexibility index (Phi) is 6.71. The minimum absolute atomic E-state index is 0.0503. The van der Waals surface area contributed by atoms with Crippen LogP contribution >= 0.6 is 0 Å². The van der Waals surface area contributed by atoms with E-state index in [1.54, 1.807) is 6.07 Å². The maximum Gasteiger partial charge on any atom is 0.303 e. The lowest BCUT2D eigenvalue weighted by Crippen LogP contribution is -2.33. The minimum Gasteiger partial charge on any atom is -0.494 e. The molecule has 0 atom stereocenters. The van der Waals surface area contributed by atoms with Gasteiger partial charge in [-0.15, -0.1) is 0 Å². The number of H-pyrrole nitrogens is 1. The first-order valence-corrected chi connectivity index (χ1v) is 11.4. The monoisotopic (exact) mass is 474 g/mol. The van der Waals surface area contributed by atoms with Crippen LogP contribution in [0.15, 0.2) is 71.7 Å². The summed E-state index contributed by atoms with van der Waals surface area (Å²) in [5.74, 6) is -1.35. The third-order valence-electron chi connectivity index (χ3n) is 5.67. The van der Waals surface area contributed by atoms with Gasteiger partial charge < -0.3 is 19.7 Å². The average Bonchev–Trinajstić information content (AvgIpc) is 3.11. The number of hydrogen-bond donors (Lipinski definition) is 3. The van der Waals surface area contributed by atoms with Crippen molar-refractivity contribution >= 4 is 28.3 Å². The molecule has 1 heterocycles. The summed E-state index contributed by atoms with van der Waals surface area (Å²) < 4.78 is 14.6. The summed E-state index contributed by atoms with van der Waals surface area (Å²) in [5.41, 5.74) is 5.03. The number of aromatic hydroxyl groups is 1. The quantitative estimate of drug-likeness (QED) is 0.236. The SMILES string of the molecule is C[N+](C)(C)Cc1ccc(N=C(c2ccc(CCC(=O)O)cc2)c2c(O)[nH]c3cc(F)ccc23)cc1. The predicted molar refractivity (Wildman–Crippen MR) is 136 cm³/mol. The predicted octanol–water partition coefficient (Wildman–Crippen LogP) is 5.41. The van der Waals surface area contributed by atoms with Crippen LogP contribution in [0.5, 0.6) is 5.88 Å². The van der Waals surface area contributed by atoms with Crippen molar-refractivity contribution in [2.75, 3.05) is 21.1 Å². The van der Waals surface area contributed by atoms with E-state index in [2.05, 4.69) is 26.1 Å². The standard InChI is InChI=1S/C28H28FN3O3/c1-32(2,3)17-19-6-12-22(13-7-19)30-27(20-9-4-18(5-10-20)8-15-25(33)34)26-23-14-11-21(29)16-24(23)31-28(26)35/h4-7,9-14,16H,8,15,17H2,1-3H3,(H2-,30,31,33,34,35)/p+1. The van der Waals surface area contributed by atoms with Crippen LogP contribution in [0.2, 0.25) is 0 Å². The number of rotatable bonds is 8. The number of carboxylic acid groups (broad SMARTS) is 1. The third-order valence-corrected chi connectivity index (χ3v) is 5.67. The first-order valence-electron chi connectivity index (χ1n) is 11.4. The molecule has 180 valence electrons. The fourth-order valence-corrected chi connectivity index (χ4v) is 4.09. The molecule has 0 aliphatic heterocycles. The number of halogens is 1.